The topological polar surface area (TPSA) is 47.3 Å². The van der Waals surface area contributed by atoms with Gasteiger partial charge in [-0.3, -0.25) is 0 Å². The number of alkyl halides is 3. The number of likely N-dealkylation sites (tertiary alicyclic amines) is 2. The summed E-state index contributed by atoms with van der Waals surface area (Å²) < 4.78 is 38.4. The molecule has 0 aromatic heterocycles. The average Bonchev–Trinajstić information content (AvgIpc) is 2.69. The minimum absolute atomic E-state index is 0.0383. The number of nitrogens with zero attached hydrogens (tertiary/aromatic N) is 3. The van der Waals surface area contributed by atoms with E-state index in [9.17, 15) is 23.2 Å². The van der Waals surface area contributed by atoms with E-state index in [0.29, 0.717) is 36.5 Å². The van der Waals surface area contributed by atoms with Gasteiger partial charge in [0.25, 0.3) is 0 Å². The summed E-state index contributed by atoms with van der Waals surface area (Å²) in [5, 5.41) is 10.1. The Morgan fingerprint density at radius 1 is 1.04 bits per heavy atom. The molecule has 2 heterocycles. The minimum Gasteiger partial charge on any atom is -0.325 e. The summed E-state index contributed by atoms with van der Waals surface area (Å²) in [4.78, 5) is 15.8. The number of nitriles is 1. The van der Waals surface area contributed by atoms with Crippen molar-refractivity contribution in [3.05, 3.63) is 40.4 Å². The van der Waals surface area contributed by atoms with Crippen molar-refractivity contribution in [1.29, 1.82) is 5.26 Å². The van der Waals surface area contributed by atoms with E-state index in [1.807, 2.05) is 0 Å². The molecule has 0 N–H and O–H groups in total. The third-order valence-electron chi connectivity index (χ3n) is 5.46. The molecule has 4 nitrogen and oxygen atoms in total. The molecule has 2 aliphatic heterocycles. The summed E-state index contributed by atoms with van der Waals surface area (Å²) in [6, 6.07) is 9.12. The van der Waals surface area contributed by atoms with Gasteiger partial charge in [0.15, 0.2) is 0 Å². The number of benzene rings is 1. The van der Waals surface area contributed by atoms with E-state index in [1.165, 1.54) is 4.90 Å². The number of hydrogen-bond acceptors (Lipinski definition) is 2. The summed E-state index contributed by atoms with van der Waals surface area (Å²) in [6.45, 7) is 1.20. The Hall–Kier alpha value is -2.20. The second kappa shape index (κ2) is 8.44. The van der Waals surface area contributed by atoms with E-state index in [-0.39, 0.29) is 32.0 Å². The lowest BCUT2D eigenvalue weighted by Crippen LogP contribution is -2.49. The first kappa shape index (κ1) is 20.5. The fourth-order valence-corrected chi connectivity index (χ4v) is 3.91. The Morgan fingerprint density at radius 3 is 2.07 bits per heavy atom. The number of amides is 2. The van der Waals surface area contributed by atoms with Crippen molar-refractivity contribution in [2.45, 2.75) is 31.9 Å². The monoisotopic (exact) mass is 411 g/mol. The van der Waals surface area contributed by atoms with Crippen LogP contribution >= 0.6 is 11.6 Å². The van der Waals surface area contributed by atoms with E-state index in [4.69, 9.17) is 11.6 Å². The lowest BCUT2D eigenvalue weighted by Gasteiger charge is -2.38. The summed E-state index contributed by atoms with van der Waals surface area (Å²) in [7, 11) is 0. The molecule has 3 rings (SSSR count). The van der Waals surface area contributed by atoms with Gasteiger partial charge < -0.3 is 9.80 Å². The second-order valence-corrected chi connectivity index (χ2v) is 7.61. The number of piperidine rings is 2. The molecular weight excluding hydrogens is 391 g/mol. The number of rotatable bonds is 1. The molecule has 0 saturated carbocycles. The smallest absolute Gasteiger partial charge is 0.325 e. The van der Waals surface area contributed by atoms with Crippen molar-refractivity contribution in [2.24, 2.45) is 5.92 Å². The molecule has 28 heavy (non-hydrogen) atoms. The van der Waals surface area contributed by atoms with Crippen LogP contribution in [0.2, 0.25) is 5.02 Å². The summed E-state index contributed by atoms with van der Waals surface area (Å²) in [5.41, 5.74) is 2.40. The van der Waals surface area contributed by atoms with Gasteiger partial charge in [-0.25, -0.2) is 4.79 Å². The maximum absolute atomic E-state index is 12.8. The van der Waals surface area contributed by atoms with Gasteiger partial charge in [-0.2, -0.15) is 18.4 Å². The Morgan fingerprint density at radius 2 is 1.57 bits per heavy atom. The molecule has 0 aliphatic carbocycles. The van der Waals surface area contributed by atoms with Crippen LogP contribution in [0, 0.1) is 17.2 Å². The normalized spacial score (nSPS) is 18.8. The highest BCUT2D eigenvalue weighted by atomic mass is 35.5. The summed E-state index contributed by atoms with van der Waals surface area (Å²) in [6.07, 6.45) is -3.10. The van der Waals surface area contributed by atoms with Crippen LogP contribution in [0.5, 0.6) is 0 Å². The molecule has 150 valence electrons. The molecule has 0 atom stereocenters. The highest BCUT2D eigenvalue weighted by molar-refractivity contribution is 6.30. The van der Waals surface area contributed by atoms with Crippen LogP contribution in [0.4, 0.5) is 18.0 Å². The fourth-order valence-electron chi connectivity index (χ4n) is 3.78. The number of allylic oxidation sites excluding steroid dienone is 1. The van der Waals surface area contributed by atoms with Crippen molar-refractivity contribution in [1.82, 2.24) is 9.80 Å². The molecule has 0 radical (unpaired) electrons. The first-order valence-corrected chi connectivity index (χ1v) is 9.66. The van der Waals surface area contributed by atoms with E-state index in [2.05, 4.69) is 6.07 Å². The molecule has 2 amide bonds. The zero-order valence-corrected chi connectivity index (χ0v) is 16.1. The predicted octanol–water partition coefficient (Wildman–Crippen LogP) is 5.11. The van der Waals surface area contributed by atoms with Crippen molar-refractivity contribution in [2.75, 3.05) is 26.2 Å². The zero-order valence-electron chi connectivity index (χ0n) is 15.3. The Kier molecular flexibility index (Phi) is 6.19. The molecule has 0 spiro atoms. The van der Waals surface area contributed by atoms with Crippen LogP contribution in [0.3, 0.4) is 0 Å². The van der Waals surface area contributed by atoms with Gasteiger partial charge in [0.2, 0.25) is 0 Å². The summed E-state index contributed by atoms with van der Waals surface area (Å²) >= 11 is 5.90. The van der Waals surface area contributed by atoms with Crippen LogP contribution in [-0.2, 0) is 0 Å². The molecule has 0 unspecified atom stereocenters. The lowest BCUT2D eigenvalue weighted by molar-refractivity contribution is -0.183. The highest BCUT2D eigenvalue weighted by Crippen LogP contribution is 2.34. The number of carbonyl (C=O) groups is 1. The minimum atomic E-state index is -4.19. The molecular formula is C20H21ClF3N3O. The molecule has 1 aromatic carbocycles. The van der Waals surface area contributed by atoms with Crippen LogP contribution in [0.1, 0.15) is 31.2 Å². The maximum atomic E-state index is 12.8. The zero-order chi connectivity index (χ0) is 20.3. The van der Waals surface area contributed by atoms with Gasteiger partial charge in [-0.1, -0.05) is 23.7 Å². The van der Waals surface area contributed by atoms with Crippen molar-refractivity contribution in [3.63, 3.8) is 0 Å². The largest absolute Gasteiger partial charge is 0.391 e. The van der Waals surface area contributed by atoms with Crippen molar-refractivity contribution in [3.8, 4) is 6.07 Å². The molecule has 1 aromatic rings. The average molecular weight is 412 g/mol. The first-order valence-electron chi connectivity index (χ1n) is 9.28. The standard InChI is InChI=1S/C20H21ClF3N3O/c21-17-3-1-14(2-4-17)18(13-25)15-5-9-26(10-6-15)19(28)27-11-7-16(8-12-27)20(22,23)24/h1-4,16H,5-12H2. The van der Waals surface area contributed by atoms with E-state index in [1.54, 1.807) is 29.2 Å². The summed E-state index contributed by atoms with van der Waals surface area (Å²) in [5.74, 6) is -1.31. The quantitative estimate of drug-likeness (QED) is 0.603. The number of hydrogen-bond donors (Lipinski definition) is 0. The molecule has 8 heteroatoms. The van der Waals surface area contributed by atoms with Gasteiger partial charge in [0.05, 0.1) is 17.6 Å². The Balaban J connectivity index is 1.60. The van der Waals surface area contributed by atoms with Crippen molar-refractivity contribution >= 4 is 23.2 Å². The SMILES string of the molecule is N#CC(=C1CCN(C(=O)N2CCC(C(F)(F)F)CC2)CC1)c1ccc(Cl)cc1. The van der Waals surface area contributed by atoms with Crippen LogP contribution in [-0.4, -0.2) is 48.2 Å². The molecule has 2 saturated heterocycles. The van der Waals surface area contributed by atoms with Crippen LogP contribution < -0.4 is 0 Å². The number of halogens is 4. The molecule has 0 bridgehead atoms. The number of urea groups is 1. The van der Waals surface area contributed by atoms with E-state index in [0.717, 1.165) is 11.1 Å². The lowest BCUT2D eigenvalue weighted by atomic mass is 9.93. The second-order valence-electron chi connectivity index (χ2n) is 7.17. The van der Waals surface area contributed by atoms with Gasteiger partial charge in [0, 0.05) is 31.2 Å². The van der Waals surface area contributed by atoms with E-state index < -0.39 is 12.1 Å². The van der Waals surface area contributed by atoms with Crippen LogP contribution in [0.15, 0.2) is 29.8 Å². The fraction of sp³-hybridized carbons (Fsp3) is 0.500. The number of carbonyl (C=O) groups excluding carboxylic acids is 1. The third kappa shape index (κ3) is 4.61. The Labute approximate surface area is 167 Å². The van der Waals surface area contributed by atoms with Crippen molar-refractivity contribution < 1.29 is 18.0 Å². The third-order valence-corrected chi connectivity index (χ3v) is 5.72. The van der Waals surface area contributed by atoms with Gasteiger partial charge in [-0.05, 0) is 49.0 Å². The molecule has 2 aliphatic rings. The molecule has 2 fully saturated rings. The van der Waals surface area contributed by atoms with E-state index >= 15 is 0 Å². The van der Waals surface area contributed by atoms with Gasteiger partial charge in [-0.15, -0.1) is 0 Å². The van der Waals surface area contributed by atoms with Crippen LogP contribution in [0.25, 0.3) is 5.57 Å². The van der Waals surface area contributed by atoms with Gasteiger partial charge >= 0.3 is 12.2 Å². The highest BCUT2D eigenvalue weighted by Gasteiger charge is 2.42. The predicted molar refractivity (Wildman–Crippen MR) is 101 cm³/mol. The maximum Gasteiger partial charge on any atom is 0.391 e. The first-order chi connectivity index (χ1) is 13.3. The Bertz CT molecular complexity index is 780. The van der Waals surface area contributed by atoms with Gasteiger partial charge in [0.1, 0.15) is 0 Å².